The number of fused-ring (bicyclic) bond motifs is 1. The third-order valence-corrected chi connectivity index (χ3v) is 5.48. The molecule has 31 heavy (non-hydrogen) atoms. The van der Waals surface area contributed by atoms with Gasteiger partial charge in [-0.1, -0.05) is 66.2 Å². The molecule has 0 radical (unpaired) electrons. The molecule has 0 aliphatic rings. The van der Waals surface area contributed by atoms with Crippen LogP contribution in [0.25, 0.3) is 10.9 Å². The molecule has 1 heterocycles. The molecule has 0 saturated carbocycles. The van der Waals surface area contributed by atoms with Crippen LogP contribution in [0.2, 0.25) is 0 Å². The fourth-order valence-corrected chi connectivity index (χ4v) is 3.91. The summed E-state index contributed by atoms with van der Waals surface area (Å²) >= 11 is 5.39. The van der Waals surface area contributed by atoms with Crippen LogP contribution in [0.3, 0.4) is 0 Å². The van der Waals surface area contributed by atoms with Crippen molar-refractivity contribution in [3.8, 4) is 5.88 Å². The molecule has 0 atom stereocenters. The van der Waals surface area contributed by atoms with E-state index in [0.29, 0.717) is 12.2 Å². The summed E-state index contributed by atoms with van der Waals surface area (Å²) in [6.07, 6.45) is 0. The largest absolute Gasteiger partial charge is 0.493 e. The molecule has 0 bridgehead atoms. The Labute approximate surface area is 187 Å². The Hall–Kier alpha value is -3.51. The molecule has 0 aliphatic heterocycles. The van der Waals surface area contributed by atoms with Crippen molar-refractivity contribution >= 4 is 39.6 Å². The number of benzene rings is 3. The van der Waals surface area contributed by atoms with Crippen LogP contribution >= 0.6 is 12.2 Å². The lowest BCUT2D eigenvalue weighted by Crippen LogP contribution is -2.07. The zero-order valence-electron chi connectivity index (χ0n) is 17.8. The molecule has 6 heteroatoms. The summed E-state index contributed by atoms with van der Waals surface area (Å²) < 4.78 is 1.85. The van der Waals surface area contributed by atoms with Crippen LogP contribution in [0.1, 0.15) is 22.3 Å². The van der Waals surface area contributed by atoms with Crippen molar-refractivity contribution in [1.82, 2.24) is 4.57 Å². The molecule has 4 aromatic rings. The number of aromatic hydroxyl groups is 1. The number of nitrogens with one attached hydrogen (secondary N) is 1. The second-order valence-corrected chi connectivity index (χ2v) is 8.05. The van der Waals surface area contributed by atoms with Gasteiger partial charge < -0.3 is 15.0 Å². The lowest BCUT2D eigenvalue weighted by molar-refractivity contribution is 0.429. The first-order chi connectivity index (χ1) is 14.9. The minimum atomic E-state index is 0.0707. The molecule has 156 valence electrons. The highest BCUT2D eigenvalue weighted by Crippen LogP contribution is 2.39. The van der Waals surface area contributed by atoms with Gasteiger partial charge in [0, 0.05) is 11.1 Å². The Morgan fingerprint density at radius 1 is 0.968 bits per heavy atom. The third kappa shape index (κ3) is 4.34. The summed E-state index contributed by atoms with van der Waals surface area (Å²) in [5.74, 6) is 0.0707. The van der Waals surface area contributed by atoms with E-state index in [0.717, 1.165) is 33.3 Å². The summed E-state index contributed by atoms with van der Waals surface area (Å²) in [6, 6.07) is 22.0. The average molecular weight is 429 g/mol. The minimum absolute atomic E-state index is 0.0707. The summed E-state index contributed by atoms with van der Waals surface area (Å²) in [6.45, 7) is 6.62. The molecule has 2 N–H and O–H groups in total. The normalized spacial score (nSPS) is 11.3. The average Bonchev–Trinajstić information content (AvgIpc) is 3.00. The number of aryl methyl sites for hydroxylation is 3. The Morgan fingerprint density at radius 2 is 1.68 bits per heavy atom. The van der Waals surface area contributed by atoms with Gasteiger partial charge in [0.25, 0.3) is 0 Å². The second-order valence-electron chi connectivity index (χ2n) is 7.66. The zero-order chi connectivity index (χ0) is 22.0. The van der Waals surface area contributed by atoms with E-state index in [1.54, 1.807) is 0 Å². The van der Waals surface area contributed by atoms with Crippen molar-refractivity contribution in [2.45, 2.75) is 27.3 Å². The topological polar surface area (TPSA) is 61.9 Å². The van der Waals surface area contributed by atoms with Crippen molar-refractivity contribution in [3.63, 3.8) is 0 Å². The van der Waals surface area contributed by atoms with Crippen LogP contribution in [-0.4, -0.2) is 14.8 Å². The van der Waals surface area contributed by atoms with E-state index >= 15 is 0 Å². The maximum absolute atomic E-state index is 11.0. The quantitative estimate of drug-likeness (QED) is 0.277. The standard InChI is InChI=1S/C25H24N4OS/c1-16-8-6-11-19(14-16)15-29-21-13-5-4-12-20(21)23(24(29)30)27-28-25(31)26-22-17(2)9-7-10-18(22)3/h4-14,30H,15H2,1-3H3,(H,26,31). The van der Waals surface area contributed by atoms with Gasteiger partial charge in [0.2, 0.25) is 11.0 Å². The number of para-hydroxylation sites is 2. The minimum Gasteiger partial charge on any atom is -0.493 e. The number of aromatic nitrogens is 1. The van der Waals surface area contributed by atoms with Crippen molar-refractivity contribution in [3.05, 3.63) is 89.0 Å². The third-order valence-electron chi connectivity index (χ3n) is 5.29. The highest BCUT2D eigenvalue weighted by molar-refractivity contribution is 7.80. The fraction of sp³-hybridized carbons (Fsp3) is 0.160. The van der Waals surface area contributed by atoms with Crippen LogP contribution in [0, 0.1) is 20.8 Å². The molecular formula is C25H24N4OS. The summed E-state index contributed by atoms with van der Waals surface area (Å²) in [4.78, 5) is 0. The molecule has 5 nitrogen and oxygen atoms in total. The van der Waals surface area contributed by atoms with Crippen LogP contribution in [0.5, 0.6) is 5.88 Å². The summed E-state index contributed by atoms with van der Waals surface area (Å²) in [5.41, 5.74) is 6.67. The van der Waals surface area contributed by atoms with Crippen molar-refractivity contribution < 1.29 is 5.11 Å². The van der Waals surface area contributed by atoms with Gasteiger partial charge in [-0.25, -0.2) is 0 Å². The fourth-order valence-electron chi connectivity index (χ4n) is 3.76. The van der Waals surface area contributed by atoms with E-state index in [2.05, 4.69) is 34.6 Å². The van der Waals surface area contributed by atoms with E-state index in [4.69, 9.17) is 12.2 Å². The van der Waals surface area contributed by atoms with Crippen molar-refractivity contribution in [2.24, 2.45) is 10.2 Å². The molecule has 3 aromatic carbocycles. The van der Waals surface area contributed by atoms with Gasteiger partial charge in [-0.2, -0.15) is 0 Å². The van der Waals surface area contributed by atoms with Crippen LogP contribution < -0.4 is 5.32 Å². The predicted octanol–water partition coefficient (Wildman–Crippen LogP) is 6.80. The van der Waals surface area contributed by atoms with E-state index < -0.39 is 0 Å². The van der Waals surface area contributed by atoms with Crippen LogP contribution in [0.4, 0.5) is 11.4 Å². The van der Waals surface area contributed by atoms with Crippen LogP contribution in [0.15, 0.2) is 77.0 Å². The smallest absolute Gasteiger partial charge is 0.221 e. The Kier molecular flexibility index (Phi) is 5.82. The molecular weight excluding hydrogens is 404 g/mol. The number of hydrogen-bond donors (Lipinski definition) is 2. The number of anilines is 1. The van der Waals surface area contributed by atoms with Gasteiger partial charge in [-0.3, -0.25) is 0 Å². The number of azo groups is 1. The molecule has 0 aliphatic carbocycles. The van der Waals surface area contributed by atoms with E-state index in [9.17, 15) is 5.11 Å². The van der Waals surface area contributed by atoms with Gasteiger partial charge in [-0.05, 0) is 55.7 Å². The lowest BCUT2D eigenvalue weighted by Gasteiger charge is -2.10. The molecule has 0 saturated heterocycles. The van der Waals surface area contributed by atoms with Crippen LogP contribution in [-0.2, 0) is 6.54 Å². The van der Waals surface area contributed by atoms with Gasteiger partial charge in [0.15, 0.2) is 5.69 Å². The lowest BCUT2D eigenvalue weighted by atomic mass is 10.1. The second kappa shape index (κ2) is 8.70. The predicted molar refractivity (Wildman–Crippen MR) is 131 cm³/mol. The monoisotopic (exact) mass is 428 g/mol. The van der Waals surface area contributed by atoms with Gasteiger partial charge in [0.1, 0.15) is 0 Å². The van der Waals surface area contributed by atoms with E-state index in [1.807, 2.05) is 73.0 Å². The first-order valence-electron chi connectivity index (χ1n) is 10.1. The SMILES string of the molecule is Cc1cccc(Cn2c(O)c(N=NC(=S)Nc3c(C)cccc3C)c3ccccc32)c1. The molecule has 4 rings (SSSR count). The number of thiocarbonyl (C=S) groups is 1. The molecule has 0 amide bonds. The molecule has 0 fully saturated rings. The highest BCUT2D eigenvalue weighted by atomic mass is 32.1. The Balaban J connectivity index is 1.66. The van der Waals surface area contributed by atoms with E-state index in [-0.39, 0.29) is 11.0 Å². The number of nitrogens with zero attached hydrogens (tertiary/aromatic N) is 3. The van der Waals surface area contributed by atoms with Gasteiger partial charge in [-0.15, -0.1) is 10.2 Å². The summed E-state index contributed by atoms with van der Waals surface area (Å²) in [7, 11) is 0. The number of hydrogen-bond acceptors (Lipinski definition) is 3. The van der Waals surface area contributed by atoms with Crippen molar-refractivity contribution in [2.75, 3.05) is 5.32 Å². The van der Waals surface area contributed by atoms with Crippen molar-refractivity contribution in [1.29, 1.82) is 0 Å². The summed E-state index contributed by atoms with van der Waals surface area (Å²) in [5, 5.41) is 23.7. The zero-order valence-corrected chi connectivity index (χ0v) is 18.6. The first-order valence-corrected chi connectivity index (χ1v) is 10.5. The molecule has 0 spiro atoms. The van der Waals surface area contributed by atoms with Gasteiger partial charge >= 0.3 is 0 Å². The Bertz CT molecular complexity index is 1290. The molecule has 1 aromatic heterocycles. The van der Waals surface area contributed by atoms with E-state index in [1.165, 1.54) is 5.56 Å². The number of rotatable bonds is 4. The Morgan fingerprint density at radius 3 is 2.42 bits per heavy atom. The highest BCUT2D eigenvalue weighted by Gasteiger charge is 2.17. The molecule has 0 unspecified atom stereocenters. The maximum atomic E-state index is 11.0. The first kappa shape index (κ1) is 20.8. The maximum Gasteiger partial charge on any atom is 0.221 e. The van der Waals surface area contributed by atoms with Gasteiger partial charge in [0.05, 0.1) is 12.1 Å².